The third-order valence-corrected chi connectivity index (χ3v) is 5.01. The number of piperidine rings is 1. The molecule has 0 bridgehead atoms. The van der Waals surface area contributed by atoms with Gasteiger partial charge in [0.05, 0.1) is 18.0 Å². The van der Waals surface area contributed by atoms with Crippen LogP contribution in [0.5, 0.6) is 5.75 Å². The van der Waals surface area contributed by atoms with Gasteiger partial charge in [-0.05, 0) is 38.1 Å². The molecule has 1 fully saturated rings. The number of sulfonamides is 1. The fourth-order valence-corrected chi connectivity index (χ4v) is 3.56. The van der Waals surface area contributed by atoms with Crippen molar-refractivity contribution < 1.29 is 17.5 Å². The molecule has 0 atom stereocenters. The van der Waals surface area contributed by atoms with Gasteiger partial charge in [-0.1, -0.05) is 0 Å². The number of nitrogens with one attached hydrogen (secondary N) is 2. The minimum atomic E-state index is -3.47. The predicted octanol–water partition coefficient (Wildman–Crippen LogP) is 1.33. The fourth-order valence-electron chi connectivity index (χ4n) is 2.08. The lowest BCUT2D eigenvalue weighted by Crippen LogP contribution is -2.38. The normalized spacial score (nSPS) is 17.2. The van der Waals surface area contributed by atoms with Crippen molar-refractivity contribution in [3.8, 4) is 5.75 Å². The summed E-state index contributed by atoms with van der Waals surface area (Å²) in [7, 11) is -2.11. The van der Waals surface area contributed by atoms with E-state index in [2.05, 4.69) is 10.0 Å². The van der Waals surface area contributed by atoms with E-state index in [0.717, 1.165) is 6.07 Å². The Hall–Kier alpha value is -1.34. The SMILES string of the molecule is COc1ccc(NS(=O)(=O)C2CCNCC2)cc1F. The summed E-state index contributed by atoms with van der Waals surface area (Å²) in [4.78, 5) is 0. The second-order valence-corrected chi connectivity index (χ2v) is 6.41. The molecule has 0 saturated carbocycles. The topological polar surface area (TPSA) is 67.4 Å². The van der Waals surface area contributed by atoms with E-state index in [4.69, 9.17) is 4.74 Å². The Morgan fingerprint density at radius 3 is 2.63 bits per heavy atom. The molecule has 0 radical (unpaired) electrons. The van der Waals surface area contributed by atoms with Crippen LogP contribution in [0.3, 0.4) is 0 Å². The molecule has 0 amide bonds. The summed E-state index contributed by atoms with van der Waals surface area (Å²) < 4.78 is 45.0. The highest BCUT2D eigenvalue weighted by Crippen LogP contribution is 2.23. The van der Waals surface area contributed by atoms with Crippen molar-refractivity contribution in [2.45, 2.75) is 18.1 Å². The van der Waals surface area contributed by atoms with Gasteiger partial charge in [0.25, 0.3) is 0 Å². The van der Waals surface area contributed by atoms with Gasteiger partial charge >= 0.3 is 0 Å². The molecule has 7 heteroatoms. The van der Waals surface area contributed by atoms with E-state index < -0.39 is 21.1 Å². The molecule has 2 N–H and O–H groups in total. The first-order valence-corrected chi connectivity index (χ1v) is 7.63. The first kappa shape index (κ1) is 14.1. The molecule has 0 aliphatic carbocycles. The Morgan fingerprint density at radius 1 is 1.37 bits per heavy atom. The summed E-state index contributed by atoms with van der Waals surface area (Å²) in [6.45, 7) is 1.37. The molecular weight excluding hydrogens is 271 g/mol. The van der Waals surface area contributed by atoms with Crippen LogP contribution in [0, 0.1) is 5.82 Å². The summed E-state index contributed by atoms with van der Waals surface area (Å²) in [6, 6.07) is 4.01. The van der Waals surface area contributed by atoms with Crippen LogP contribution in [0.1, 0.15) is 12.8 Å². The Labute approximate surface area is 112 Å². The molecule has 1 saturated heterocycles. The summed E-state index contributed by atoms with van der Waals surface area (Å²) in [5.41, 5.74) is 0.219. The van der Waals surface area contributed by atoms with Crippen molar-refractivity contribution in [3.63, 3.8) is 0 Å². The summed E-state index contributed by atoms with van der Waals surface area (Å²) >= 11 is 0. The number of methoxy groups -OCH3 is 1. The van der Waals surface area contributed by atoms with Crippen LogP contribution < -0.4 is 14.8 Å². The number of hydrogen-bond acceptors (Lipinski definition) is 4. The van der Waals surface area contributed by atoms with E-state index in [1.807, 2.05) is 0 Å². The van der Waals surface area contributed by atoms with E-state index in [-0.39, 0.29) is 11.4 Å². The average molecular weight is 288 g/mol. The number of halogens is 1. The molecule has 1 aromatic rings. The Bertz CT molecular complexity index is 542. The number of hydrogen-bond donors (Lipinski definition) is 2. The van der Waals surface area contributed by atoms with E-state index in [1.165, 1.54) is 19.2 Å². The van der Waals surface area contributed by atoms with E-state index in [0.29, 0.717) is 25.9 Å². The molecule has 19 heavy (non-hydrogen) atoms. The lowest BCUT2D eigenvalue weighted by molar-refractivity contribution is 0.386. The molecule has 1 heterocycles. The van der Waals surface area contributed by atoms with E-state index in [1.54, 1.807) is 0 Å². The van der Waals surface area contributed by atoms with Gasteiger partial charge in [0.15, 0.2) is 11.6 Å². The van der Waals surface area contributed by atoms with Crippen LogP contribution in [0.25, 0.3) is 0 Å². The lowest BCUT2D eigenvalue weighted by Gasteiger charge is -2.23. The monoisotopic (exact) mass is 288 g/mol. The molecule has 1 aliphatic rings. The third kappa shape index (κ3) is 3.36. The van der Waals surface area contributed by atoms with Crippen molar-refractivity contribution in [1.82, 2.24) is 5.32 Å². The minimum Gasteiger partial charge on any atom is -0.494 e. The molecule has 1 aromatic carbocycles. The van der Waals surface area contributed by atoms with Gasteiger partial charge in [-0.2, -0.15) is 0 Å². The van der Waals surface area contributed by atoms with Gasteiger partial charge < -0.3 is 10.1 Å². The molecule has 5 nitrogen and oxygen atoms in total. The van der Waals surface area contributed by atoms with Crippen LogP contribution in [0.15, 0.2) is 18.2 Å². The maximum Gasteiger partial charge on any atom is 0.235 e. The number of ether oxygens (including phenoxy) is 1. The predicted molar refractivity (Wildman–Crippen MR) is 71.4 cm³/mol. The van der Waals surface area contributed by atoms with Gasteiger partial charge in [0.2, 0.25) is 10.0 Å². The van der Waals surface area contributed by atoms with Crippen molar-refractivity contribution in [2.24, 2.45) is 0 Å². The van der Waals surface area contributed by atoms with Crippen LogP contribution >= 0.6 is 0 Å². The van der Waals surface area contributed by atoms with Gasteiger partial charge in [-0.3, -0.25) is 4.72 Å². The first-order chi connectivity index (χ1) is 9.03. The Morgan fingerprint density at radius 2 is 2.05 bits per heavy atom. The average Bonchev–Trinajstić information content (AvgIpc) is 2.39. The maximum atomic E-state index is 13.5. The van der Waals surface area contributed by atoms with Crippen molar-refractivity contribution >= 4 is 15.7 Å². The van der Waals surface area contributed by atoms with Crippen LogP contribution in [0.4, 0.5) is 10.1 Å². The second-order valence-electron chi connectivity index (χ2n) is 4.45. The quantitative estimate of drug-likeness (QED) is 0.877. The maximum absolute atomic E-state index is 13.5. The Balaban J connectivity index is 2.13. The van der Waals surface area contributed by atoms with Crippen molar-refractivity contribution in [1.29, 1.82) is 0 Å². The van der Waals surface area contributed by atoms with Crippen molar-refractivity contribution in [2.75, 3.05) is 24.9 Å². The smallest absolute Gasteiger partial charge is 0.235 e. The number of anilines is 1. The standard InChI is InChI=1S/C12H17FN2O3S/c1-18-12-3-2-9(8-11(12)13)15-19(16,17)10-4-6-14-7-5-10/h2-3,8,10,14-15H,4-7H2,1H3. The summed E-state index contributed by atoms with van der Waals surface area (Å²) in [5, 5.41) is 2.67. The first-order valence-electron chi connectivity index (χ1n) is 6.09. The molecule has 2 rings (SSSR count). The van der Waals surface area contributed by atoms with Gasteiger partial charge in [0.1, 0.15) is 0 Å². The van der Waals surface area contributed by atoms with Gasteiger partial charge in [0, 0.05) is 6.07 Å². The van der Waals surface area contributed by atoms with Gasteiger partial charge in [-0.25, -0.2) is 12.8 Å². The third-order valence-electron chi connectivity index (χ3n) is 3.14. The highest BCUT2D eigenvalue weighted by Gasteiger charge is 2.27. The molecule has 106 valence electrons. The van der Waals surface area contributed by atoms with Crippen LogP contribution in [-0.4, -0.2) is 33.9 Å². The van der Waals surface area contributed by atoms with E-state index in [9.17, 15) is 12.8 Å². The zero-order valence-electron chi connectivity index (χ0n) is 10.6. The summed E-state index contributed by atoms with van der Waals surface area (Å²) in [5.74, 6) is -0.502. The zero-order valence-corrected chi connectivity index (χ0v) is 11.5. The molecule has 0 spiro atoms. The Kier molecular flexibility index (Phi) is 4.26. The van der Waals surface area contributed by atoms with Crippen LogP contribution in [0.2, 0.25) is 0 Å². The minimum absolute atomic E-state index is 0.0878. The number of benzene rings is 1. The fraction of sp³-hybridized carbons (Fsp3) is 0.500. The molecular formula is C12H17FN2O3S. The van der Waals surface area contributed by atoms with Crippen LogP contribution in [-0.2, 0) is 10.0 Å². The second kappa shape index (κ2) is 5.75. The zero-order chi connectivity index (χ0) is 13.9. The molecule has 0 aromatic heterocycles. The largest absolute Gasteiger partial charge is 0.494 e. The van der Waals surface area contributed by atoms with E-state index >= 15 is 0 Å². The number of rotatable bonds is 4. The van der Waals surface area contributed by atoms with Crippen molar-refractivity contribution in [3.05, 3.63) is 24.0 Å². The summed E-state index contributed by atoms with van der Waals surface area (Å²) in [6.07, 6.45) is 1.13. The van der Waals surface area contributed by atoms with Gasteiger partial charge in [-0.15, -0.1) is 0 Å². The molecule has 1 aliphatic heterocycles. The highest BCUT2D eigenvalue weighted by molar-refractivity contribution is 7.93. The molecule has 0 unspecified atom stereocenters. The highest BCUT2D eigenvalue weighted by atomic mass is 32.2. The lowest BCUT2D eigenvalue weighted by atomic mass is 10.2.